The van der Waals surface area contributed by atoms with Gasteiger partial charge in [0.2, 0.25) is 0 Å². The van der Waals surface area contributed by atoms with Crippen molar-refractivity contribution in [2.24, 2.45) is 0 Å². The largest absolute Gasteiger partial charge is 0.310 e. The Bertz CT molecular complexity index is 4000. The van der Waals surface area contributed by atoms with Gasteiger partial charge in [-0.2, -0.15) is 0 Å². The summed E-state index contributed by atoms with van der Waals surface area (Å²) in [6.07, 6.45) is 0. The minimum Gasteiger partial charge on any atom is -0.310 e. The number of hydrogen-bond donors (Lipinski definition) is 0. The third kappa shape index (κ3) is 6.63. The molecule has 0 amide bonds. The van der Waals surface area contributed by atoms with Crippen molar-refractivity contribution in [3.63, 3.8) is 0 Å². The third-order valence-electron chi connectivity index (χ3n) is 13.8. The molecule has 0 saturated carbocycles. The lowest BCUT2D eigenvalue weighted by atomic mass is 9.84. The van der Waals surface area contributed by atoms with Gasteiger partial charge in [-0.05, 0) is 146 Å². The van der Waals surface area contributed by atoms with Crippen molar-refractivity contribution < 1.29 is 0 Å². The van der Waals surface area contributed by atoms with Crippen LogP contribution in [-0.4, -0.2) is 0 Å². The maximum absolute atomic E-state index is 2.43. The molecular weight excluding hydrogens is 807 g/mol. The van der Waals surface area contributed by atoms with E-state index in [9.17, 15) is 0 Å². The Labute approximate surface area is 390 Å². The number of anilines is 3. The zero-order chi connectivity index (χ0) is 44.3. The molecular formula is C66H43N. The summed E-state index contributed by atoms with van der Waals surface area (Å²) in [4.78, 5) is 2.43. The van der Waals surface area contributed by atoms with E-state index < -0.39 is 0 Å². The van der Waals surface area contributed by atoms with Crippen LogP contribution in [0.3, 0.4) is 0 Å². The normalized spacial score (nSPS) is 11.6. The molecule has 0 heterocycles. The van der Waals surface area contributed by atoms with Crippen LogP contribution in [0.1, 0.15) is 0 Å². The highest BCUT2D eigenvalue weighted by molar-refractivity contribution is 6.22. The molecule has 0 radical (unpaired) electrons. The molecule has 67 heavy (non-hydrogen) atoms. The number of hydrogen-bond acceptors (Lipinski definition) is 1. The van der Waals surface area contributed by atoms with Crippen LogP contribution in [0.4, 0.5) is 17.1 Å². The van der Waals surface area contributed by atoms with E-state index in [-0.39, 0.29) is 0 Å². The Morgan fingerprint density at radius 1 is 0.194 bits per heavy atom. The first-order valence-electron chi connectivity index (χ1n) is 23.2. The second-order valence-corrected chi connectivity index (χ2v) is 17.6. The quantitative estimate of drug-likeness (QED) is 0.144. The third-order valence-corrected chi connectivity index (χ3v) is 13.8. The molecule has 0 N–H and O–H groups in total. The molecule has 0 bridgehead atoms. The second-order valence-electron chi connectivity index (χ2n) is 17.6. The molecule has 312 valence electrons. The van der Waals surface area contributed by atoms with Crippen LogP contribution in [-0.2, 0) is 0 Å². The van der Waals surface area contributed by atoms with Crippen molar-refractivity contribution in [2.75, 3.05) is 4.90 Å². The summed E-state index contributed by atoms with van der Waals surface area (Å²) in [7, 11) is 0. The molecule has 0 saturated heterocycles. The molecule has 0 aliphatic carbocycles. The molecule has 0 aromatic heterocycles. The number of fused-ring (bicyclic) bond motifs is 9. The van der Waals surface area contributed by atoms with Crippen LogP contribution >= 0.6 is 0 Å². The topological polar surface area (TPSA) is 3.24 Å². The van der Waals surface area contributed by atoms with E-state index in [1.807, 2.05) is 0 Å². The van der Waals surface area contributed by atoms with Gasteiger partial charge in [0.15, 0.2) is 0 Å². The highest BCUT2D eigenvalue weighted by Crippen LogP contribution is 2.47. The predicted octanol–water partition coefficient (Wildman–Crippen LogP) is 18.7. The van der Waals surface area contributed by atoms with E-state index in [4.69, 9.17) is 0 Å². The fraction of sp³-hybridized carbons (Fsp3) is 0. The molecule has 13 aromatic carbocycles. The highest BCUT2D eigenvalue weighted by Gasteiger charge is 2.20. The van der Waals surface area contributed by atoms with Crippen molar-refractivity contribution in [3.05, 3.63) is 261 Å². The Morgan fingerprint density at radius 2 is 0.582 bits per heavy atom. The molecule has 13 aromatic rings. The lowest BCUT2D eigenvalue weighted by Crippen LogP contribution is -2.10. The maximum atomic E-state index is 2.43. The zero-order valence-electron chi connectivity index (χ0n) is 36.8. The van der Waals surface area contributed by atoms with E-state index in [1.54, 1.807) is 0 Å². The first-order valence-corrected chi connectivity index (χ1v) is 23.2. The summed E-state index contributed by atoms with van der Waals surface area (Å²) >= 11 is 0. The molecule has 1 heteroatoms. The predicted molar refractivity (Wildman–Crippen MR) is 288 cm³/mol. The van der Waals surface area contributed by atoms with Crippen molar-refractivity contribution in [3.8, 4) is 44.5 Å². The van der Waals surface area contributed by atoms with Gasteiger partial charge in [-0.3, -0.25) is 0 Å². The van der Waals surface area contributed by atoms with Crippen LogP contribution in [0.15, 0.2) is 261 Å². The summed E-state index contributed by atoms with van der Waals surface area (Å²) in [6.45, 7) is 0. The van der Waals surface area contributed by atoms with E-state index in [1.165, 1.54) is 109 Å². The van der Waals surface area contributed by atoms with Crippen molar-refractivity contribution >= 4 is 81.7 Å². The molecule has 0 unspecified atom stereocenters. The SMILES string of the molecule is c1ccc(-c2c(-c3ccccc3)c3cc(-c4ccc(N(c5ccc(-c6ccc7c(ccc8ccccc87)c6)cc5)c5cc6ccccc6c6ccccc56)cc4)ccc3c3ccccc23)cc1. The minimum atomic E-state index is 1.10. The fourth-order valence-corrected chi connectivity index (χ4v) is 10.6. The Morgan fingerprint density at radius 3 is 1.21 bits per heavy atom. The van der Waals surface area contributed by atoms with Gasteiger partial charge < -0.3 is 4.90 Å². The molecule has 1 nitrogen and oxygen atoms in total. The summed E-state index contributed by atoms with van der Waals surface area (Å²) in [5.74, 6) is 0. The Hall–Kier alpha value is -8.78. The summed E-state index contributed by atoms with van der Waals surface area (Å²) < 4.78 is 0. The van der Waals surface area contributed by atoms with Crippen LogP contribution in [0.5, 0.6) is 0 Å². The lowest BCUT2D eigenvalue weighted by Gasteiger charge is -2.28. The second kappa shape index (κ2) is 16.0. The fourth-order valence-electron chi connectivity index (χ4n) is 10.6. The number of nitrogens with zero attached hydrogens (tertiary/aromatic N) is 1. The Balaban J connectivity index is 0.954. The maximum Gasteiger partial charge on any atom is 0.0546 e. The standard InChI is InChI=1S/C66H43N/c1-3-16-47(17-4-1)65-62-26-14-12-24-59(62)60-40-34-50(42-63(60)66(65)48-18-5-2-6-19-48)45-31-37-54(38-32-45)67(64-43-51-20-8-10-22-56(51)58-23-11-13-25-61(58)64)53-35-29-44(30-36-53)49-33-39-57-52(41-49)28-27-46-15-7-9-21-55(46)57/h1-43H. The van der Waals surface area contributed by atoms with Gasteiger partial charge in [0.05, 0.1) is 5.69 Å². The lowest BCUT2D eigenvalue weighted by molar-refractivity contribution is 1.30. The smallest absolute Gasteiger partial charge is 0.0546 e. The molecule has 0 spiro atoms. The molecule has 13 rings (SSSR count). The van der Waals surface area contributed by atoms with E-state index in [2.05, 4.69) is 266 Å². The molecule has 0 atom stereocenters. The van der Waals surface area contributed by atoms with Crippen LogP contribution < -0.4 is 4.90 Å². The highest BCUT2D eigenvalue weighted by atomic mass is 15.1. The number of benzene rings is 13. The van der Waals surface area contributed by atoms with E-state index in [0.717, 1.165) is 17.1 Å². The average Bonchev–Trinajstić information content (AvgIpc) is 3.41. The van der Waals surface area contributed by atoms with Gasteiger partial charge in [-0.25, -0.2) is 0 Å². The average molecular weight is 850 g/mol. The first-order chi connectivity index (χ1) is 33.2. The van der Waals surface area contributed by atoms with Crippen molar-refractivity contribution in [2.45, 2.75) is 0 Å². The van der Waals surface area contributed by atoms with Gasteiger partial charge in [0.25, 0.3) is 0 Å². The van der Waals surface area contributed by atoms with Crippen molar-refractivity contribution in [1.29, 1.82) is 0 Å². The van der Waals surface area contributed by atoms with Gasteiger partial charge in [0.1, 0.15) is 0 Å². The van der Waals surface area contributed by atoms with E-state index >= 15 is 0 Å². The van der Waals surface area contributed by atoms with Crippen LogP contribution in [0.2, 0.25) is 0 Å². The molecule has 0 aliphatic heterocycles. The molecule has 0 fully saturated rings. The van der Waals surface area contributed by atoms with Gasteiger partial charge in [-0.15, -0.1) is 0 Å². The van der Waals surface area contributed by atoms with Gasteiger partial charge >= 0.3 is 0 Å². The van der Waals surface area contributed by atoms with Gasteiger partial charge in [-0.1, -0.05) is 218 Å². The molecule has 0 aliphatic rings. The summed E-state index contributed by atoms with van der Waals surface area (Å²) in [5.41, 5.74) is 13.0. The van der Waals surface area contributed by atoms with Crippen molar-refractivity contribution in [1.82, 2.24) is 0 Å². The zero-order valence-corrected chi connectivity index (χ0v) is 36.8. The van der Waals surface area contributed by atoms with Gasteiger partial charge in [0, 0.05) is 16.8 Å². The Kier molecular flexibility index (Phi) is 9.25. The number of rotatable bonds is 7. The summed E-state index contributed by atoms with van der Waals surface area (Å²) in [5, 5.41) is 15.0. The minimum absolute atomic E-state index is 1.10. The monoisotopic (exact) mass is 849 g/mol. The van der Waals surface area contributed by atoms with E-state index in [0.29, 0.717) is 0 Å². The summed E-state index contributed by atoms with van der Waals surface area (Å²) in [6, 6.07) is 95.9. The van der Waals surface area contributed by atoms with Crippen LogP contribution in [0, 0.1) is 0 Å². The first kappa shape index (κ1) is 38.7. The van der Waals surface area contributed by atoms with Crippen LogP contribution in [0.25, 0.3) is 109 Å².